The fourth-order valence-corrected chi connectivity index (χ4v) is 1.69. The van der Waals surface area contributed by atoms with Crippen LogP contribution in [-0.2, 0) is 4.74 Å². The highest BCUT2D eigenvalue weighted by molar-refractivity contribution is 8.24. The third kappa shape index (κ3) is 3.19. The van der Waals surface area contributed by atoms with Gasteiger partial charge in [-0.15, -0.1) is 0 Å². The molecular formula is C9H15ClN2OS. The fourth-order valence-electron chi connectivity index (χ4n) is 1.40. The van der Waals surface area contributed by atoms with E-state index in [1.54, 1.807) is 20.2 Å². The molecule has 1 unspecified atom stereocenters. The molecule has 14 heavy (non-hydrogen) atoms. The van der Waals surface area contributed by atoms with Gasteiger partial charge in [0.05, 0.1) is 10.7 Å². The first kappa shape index (κ1) is 11.9. The Balaban J connectivity index is 2.69. The van der Waals surface area contributed by atoms with E-state index in [9.17, 15) is 0 Å². The summed E-state index contributed by atoms with van der Waals surface area (Å²) in [5.74, 6) is 0.600. The Hall–Kier alpha value is -0.190. The second kappa shape index (κ2) is 5.63. The molecule has 0 aromatic heterocycles. The quantitative estimate of drug-likeness (QED) is 0.742. The summed E-state index contributed by atoms with van der Waals surface area (Å²) in [6.45, 7) is 0. The highest BCUT2D eigenvalue weighted by Crippen LogP contribution is 2.35. The van der Waals surface area contributed by atoms with E-state index in [2.05, 4.69) is 4.99 Å². The molecule has 5 heteroatoms. The van der Waals surface area contributed by atoms with E-state index in [0.717, 1.165) is 16.7 Å². The Kier molecular flexibility index (Phi) is 4.78. The van der Waals surface area contributed by atoms with Crippen LogP contribution in [0.5, 0.6) is 0 Å². The van der Waals surface area contributed by atoms with E-state index in [-0.39, 0.29) is 6.10 Å². The third-order valence-corrected chi connectivity index (χ3v) is 3.06. The van der Waals surface area contributed by atoms with Gasteiger partial charge in [0.25, 0.3) is 0 Å². The number of rotatable bonds is 5. The van der Waals surface area contributed by atoms with Crippen molar-refractivity contribution in [1.82, 2.24) is 0 Å². The van der Waals surface area contributed by atoms with Gasteiger partial charge in [0.15, 0.2) is 0 Å². The minimum atomic E-state index is 0.0716. The average molecular weight is 235 g/mol. The van der Waals surface area contributed by atoms with Crippen LogP contribution in [0, 0.1) is 5.92 Å². The van der Waals surface area contributed by atoms with Gasteiger partial charge in [0.2, 0.25) is 0 Å². The minimum absolute atomic E-state index is 0.0716. The number of halogens is 1. The van der Waals surface area contributed by atoms with Crippen molar-refractivity contribution in [2.45, 2.75) is 18.9 Å². The molecule has 1 aliphatic carbocycles. The van der Waals surface area contributed by atoms with Crippen LogP contribution < -0.4 is 5.73 Å². The van der Waals surface area contributed by atoms with Crippen LogP contribution in [-0.4, -0.2) is 26.0 Å². The zero-order valence-corrected chi connectivity index (χ0v) is 9.94. The molecule has 0 amide bonds. The van der Waals surface area contributed by atoms with Gasteiger partial charge in [0, 0.05) is 14.2 Å². The molecule has 1 aliphatic rings. The molecular weight excluding hydrogens is 220 g/mol. The Bertz CT molecular complexity index is 251. The van der Waals surface area contributed by atoms with Crippen molar-refractivity contribution in [2.24, 2.45) is 16.6 Å². The molecule has 0 aromatic rings. The van der Waals surface area contributed by atoms with Crippen LogP contribution in [0.2, 0.25) is 0 Å². The maximum atomic E-state index is 5.62. The van der Waals surface area contributed by atoms with Crippen molar-refractivity contribution in [2.75, 3.05) is 14.2 Å². The third-order valence-electron chi connectivity index (χ3n) is 2.23. The Labute approximate surface area is 93.2 Å². The van der Waals surface area contributed by atoms with Crippen LogP contribution in [0.15, 0.2) is 16.1 Å². The van der Waals surface area contributed by atoms with Crippen molar-refractivity contribution in [1.29, 1.82) is 0 Å². The Morgan fingerprint density at radius 3 is 2.71 bits per heavy atom. The molecule has 1 rings (SSSR count). The lowest BCUT2D eigenvalue weighted by Crippen LogP contribution is -2.24. The lowest BCUT2D eigenvalue weighted by molar-refractivity contribution is 0.139. The van der Waals surface area contributed by atoms with Crippen molar-refractivity contribution < 1.29 is 4.74 Å². The zero-order chi connectivity index (χ0) is 10.6. The highest BCUT2D eigenvalue weighted by atomic mass is 35.7. The summed E-state index contributed by atoms with van der Waals surface area (Å²) in [6.07, 6.45) is 4.27. The summed E-state index contributed by atoms with van der Waals surface area (Å²) in [5.41, 5.74) is 6.49. The minimum Gasteiger partial charge on any atom is -0.393 e. The van der Waals surface area contributed by atoms with E-state index in [0.29, 0.717) is 10.9 Å². The van der Waals surface area contributed by atoms with E-state index < -0.39 is 0 Å². The molecule has 0 aromatic carbocycles. The molecule has 0 spiro atoms. The summed E-state index contributed by atoms with van der Waals surface area (Å²) >= 11 is 0. The lowest BCUT2D eigenvalue weighted by Gasteiger charge is -2.14. The van der Waals surface area contributed by atoms with Crippen LogP contribution >= 0.6 is 21.7 Å². The number of aliphatic imine (C=N–C) groups is 1. The lowest BCUT2D eigenvalue weighted by atomic mass is 10.1. The van der Waals surface area contributed by atoms with Crippen LogP contribution in [0.3, 0.4) is 0 Å². The summed E-state index contributed by atoms with van der Waals surface area (Å²) in [5, 5.41) is 0.551. The second-order valence-electron chi connectivity index (χ2n) is 3.27. The number of ether oxygens (including phenoxy) is 1. The number of nitrogens with zero attached hydrogens (tertiary/aromatic N) is 1. The van der Waals surface area contributed by atoms with Crippen molar-refractivity contribution in [3.05, 3.63) is 11.1 Å². The topological polar surface area (TPSA) is 47.6 Å². The first-order valence-corrected chi connectivity index (χ1v) is 6.12. The summed E-state index contributed by atoms with van der Waals surface area (Å²) < 4.78 is 5.39. The van der Waals surface area contributed by atoms with Crippen LogP contribution in [0.4, 0.5) is 0 Å². The molecule has 3 nitrogen and oxygen atoms in total. The highest BCUT2D eigenvalue weighted by Gasteiger charge is 2.33. The molecule has 1 fully saturated rings. The zero-order valence-electron chi connectivity index (χ0n) is 8.37. The molecule has 0 bridgehead atoms. The molecule has 1 atom stereocenters. The molecule has 0 saturated heterocycles. The normalized spacial score (nSPS) is 21.1. The van der Waals surface area contributed by atoms with E-state index in [4.69, 9.17) is 21.2 Å². The van der Waals surface area contributed by atoms with Gasteiger partial charge in [-0.2, -0.15) is 0 Å². The van der Waals surface area contributed by atoms with Crippen LogP contribution in [0.1, 0.15) is 12.8 Å². The van der Waals surface area contributed by atoms with Crippen molar-refractivity contribution >= 4 is 27.4 Å². The van der Waals surface area contributed by atoms with Gasteiger partial charge in [0.1, 0.15) is 6.10 Å². The monoisotopic (exact) mass is 234 g/mol. The van der Waals surface area contributed by atoms with Crippen LogP contribution in [0.25, 0.3) is 0 Å². The largest absolute Gasteiger partial charge is 0.393 e. The molecule has 0 aliphatic heterocycles. The molecule has 80 valence electrons. The fraction of sp³-hybridized carbons (Fsp3) is 0.667. The summed E-state index contributed by atoms with van der Waals surface area (Å²) in [7, 11) is 9.97. The Morgan fingerprint density at radius 1 is 1.71 bits per heavy atom. The smallest absolute Gasteiger partial charge is 0.101 e. The number of hydrogen-bond acceptors (Lipinski definition) is 4. The average Bonchev–Trinajstić information content (AvgIpc) is 3.01. The maximum absolute atomic E-state index is 5.62. The van der Waals surface area contributed by atoms with Gasteiger partial charge in [-0.05, 0) is 46.5 Å². The first-order chi connectivity index (χ1) is 6.72. The Morgan fingerprint density at radius 2 is 2.36 bits per heavy atom. The maximum Gasteiger partial charge on any atom is 0.101 e. The molecule has 1 saturated carbocycles. The predicted molar refractivity (Wildman–Crippen MR) is 62.6 cm³/mol. The number of hydrogen-bond donors (Lipinski definition) is 1. The first-order valence-electron chi connectivity index (χ1n) is 4.48. The number of nitrogens with two attached hydrogens (primary N) is 1. The predicted octanol–water partition coefficient (Wildman–Crippen LogP) is 2.17. The van der Waals surface area contributed by atoms with Gasteiger partial charge >= 0.3 is 0 Å². The summed E-state index contributed by atoms with van der Waals surface area (Å²) in [6, 6.07) is 0. The second-order valence-corrected chi connectivity index (χ2v) is 4.35. The van der Waals surface area contributed by atoms with Crippen molar-refractivity contribution in [3.8, 4) is 0 Å². The molecule has 0 heterocycles. The van der Waals surface area contributed by atoms with E-state index >= 15 is 0 Å². The van der Waals surface area contributed by atoms with Gasteiger partial charge in [-0.25, -0.2) is 0 Å². The van der Waals surface area contributed by atoms with E-state index in [1.807, 2.05) is 0 Å². The standard InChI is InChI=1S/C9H15ClN2OS/c1-12-7(5-8(11)14-10)9(13-2)6-3-4-6/h5-6,9H,3-4,11H2,1-2H3/b8-5+,12-7?. The van der Waals surface area contributed by atoms with Gasteiger partial charge < -0.3 is 10.5 Å². The molecule has 2 N–H and O–H groups in total. The van der Waals surface area contributed by atoms with E-state index in [1.165, 1.54) is 12.8 Å². The SMILES string of the molecule is CN=C(/C=C(\N)SCl)C(OC)C1CC1. The summed E-state index contributed by atoms with van der Waals surface area (Å²) in [4.78, 5) is 4.17. The van der Waals surface area contributed by atoms with Gasteiger partial charge in [-0.3, -0.25) is 4.99 Å². The van der Waals surface area contributed by atoms with Gasteiger partial charge in [-0.1, -0.05) is 0 Å². The number of methoxy groups -OCH3 is 1. The van der Waals surface area contributed by atoms with Crippen molar-refractivity contribution in [3.63, 3.8) is 0 Å². The molecule has 0 radical (unpaired) electrons.